The number of halogens is 3. The highest BCUT2D eigenvalue weighted by Crippen LogP contribution is 2.32. The van der Waals surface area contributed by atoms with E-state index >= 15 is 0 Å². The summed E-state index contributed by atoms with van der Waals surface area (Å²) in [6, 6.07) is 4.72. The number of hydrogen-bond donors (Lipinski definition) is 0. The van der Waals surface area contributed by atoms with Gasteiger partial charge in [0.15, 0.2) is 5.76 Å². The Morgan fingerprint density at radius 3 is 2.81 bits per heavy atom. The van der Waals surface area contributed by atoms with Crippen LogP contribution in [0.4, 0.5) is 4.39 Å². The smallest absolute Gasteiger partial charge is 0.212 e. The van der Waals surface area contributed by atoms with E-state index in [0.29, 0.717) is 21.7 Å². The van der Waals surface area contributed by atoms with E-state index in [2.05, 4.69) is 20.9 Å². The van der Waals surface area contributed by atoms with Gasteiger partial charge in [-0.25, -0.2) is 9.37 Å². The summed E-state index contributed by atoms with van der Waals surface area (Å²) in [5.41, 5.74) is 0.360. The lowest BCUT2D eigenvalue weighted by Gasteiger charge is -2.01. The Morgan fingerprint density at radius 1 is 1.50 bits per heavy atom. The van der Waals surface area contributed by atoms with Crippen LogP contribution in [0.5, 0.6) is 0 Å². The second-order valence-corrected chi connectivity index (χ2v) is 4.78. The number of nitrogens with zero attached hydrogens (tertiary/aromatic N) is 1. The number of hydrogen-bond acceptors (Lipinski definition) is 2. The molecule has 0 spiro atoms. The fourth-order valence-corrected chi connectivity index (χ4v) is 1.96. The maximum atomic E-state index is 13.6. The van der Waals surface area contributed by atoms with Crippen LogP contribution >= 0.6 is 27.5 Å². The molecule has 0 amide bonds. The number of oxazole rings is 1. The summed E-state index contributed by atoms with van der Waals surface area (Å²) in [7, 11) is 0. The van der Waals surface area contributed by atoms with E-state index in [1.807, 2.05) is 0 Å². The molecule has 1 aromatic carbocycles. The Kier molecular flexibility index (Phi) is 3.30. The Morgan fingerprint density at radius 2 is 2.25 bits per heavy atom. The van der Waals surface area contributed by atoms with E-state index in [0.717, 1.165) is 0 Å². The molecule has 0 aliphatic heterocycles. The van der Waals surface area contributed by atoms with Crippen molar-refractivity contribution in [2.24, 2.45) is 0 Å². The quantitative estimate of drug-likeness (QED) is 0.761. The Hall–Kier alpha value is -0.870. The van der Waals surface area contributed by atoms with Crippen molar-refractivity contribution in [1.82, 2.24) is 4.98 Å². The van der Waals surface area contributed by atoms with Gasteiger partial charge in [0.1, 0.15) is 11.2 Å². The third-order valence-corrected chi connectivity index (χ3v) is 2.92. The molecule has 0 fully saturated rings. The van der Waals surface area contributed by atoms with Gasteiger partial charge in [0.05, 0.1) is 11.8 Å². The van der Waals surface area contributed by atoms with E-state index in [4.69, 9.17) is 16.0 Å². The van der Waals surface area contributed by atoms with Crippen molar-refractivity contribution in [3.8, 4) is 11.3 Å². The van der Waals surface area contributed by atoms with Crippen molar-refractivity contribution in [3.63, 3.8) is 0 Å². The molecule has 2 aromatic rings. The van der Waals surface area contributed by atoms with Crippen molar-refractivity contribution in [2.45, 2.75) is 12.3 Å². The fourth-order valence-electron chi connectivity index (χ4n) is 1.32. The molecule has 2 rings (SSSR count). The van der Waals surface area contributed by atoms with Crippen LogP contribution < -0.4 is 0 Å². The van der Waals surface area contributed by atoms with Gasteiger partial charge in [-0.1, -0.05) is 6.07 Å². The average Bonchev–Trinajstić information content (AvgIpc) is 2.66. The zero-order valence-electron chi connectivity index (χ0n) is 8.38. The van der Waals surface area contributed by atoms with Gasteiger partial charge in [-0.15, -0.1) is 11.6 Å². The summed E-state index contributed by atoms with van der Waals surface area (Å²) in [6.07, 6.45) is 1.47. The molecule has 1 atom stereocenters. The lowest BCUT2D eigenvalue weighted by Crippen LogP contribution is -1.84. The normalized spacial score (nSPS) is 12.8. The van der Waals surface area contributed by atoms with Crippen molar-refractivity contribution in [3.05, 3.63) is 40.6 Å². The molecule has 5 heteroatoms. The fraction of sp³-hybridized carbons (Fsp3) is 0.182. The summed E-state index contributed by atoms with van der Waals surface area (Å²) < 4.78 is 19.6. The van der Waals surface area contributed by atoms with Crippen molar-refractivity contribution >= 4 is 27.5 Å². The molecule has 0 radical (unpaired) electrons. The first kappa shape index (κ1) is 11.6. The van der Waals surface area contributed by atoms with Gasteiger partial charge in [-0.3, -0.25) is 0 Å². The van der Waals surface area contributed by atoms with Gasteiger partial charge in [0.25, 0.3) is 0 Å². The lowest BCUT2D eigenvalue weighted by molar-refractivity contribution is 0.503. The van der Waals surface area contributed by atoms with Gasteiger partial charge in [-0.05, 0) is 35.0 Å². The van der Waals surface area contributed by atoms with E-state index in [1.54, 1.807) is 19.1 Å². The second-order valence-electron chi connectivity index (χ2n) is 3.28. The third kappa shape index (κ3) is 2.13. The van der Waals surface area contributed by atoms with Crippen LogP contribution in [0.15, 0.2) is 33.3 Å². The molecule has 0 bridgehead atoms. The van der Waals surface area contributed by atoms with E-state index < -0.39 is 0 Å². The summed E-state index contributed by atoms with van der Waals surface area (Å²) in [5.74, 6) is 0.388. The highest BCUT2D eigenvalue weighted by atomic mass is 79.9. The van der Waals surface area contributed by atoms with Gasteiger partial charge in [0.2, 0.25) is 5.89 Å². The minimum Gasteiger partial charge on any atom is -0.439 e. The van der Waals surface area contributed by atoms with Gasteiger partial charge in [0, 0.05) is 4.47 Å². The van der Waals surface area contributed by atoms with Crippen molar-refractivity contribution in [2.75, 3.05) is 0 Å². The van der Waals surface area contributed by atoms with Crippen molar-refractivity contribution < 1.29 is 8.81 Å². The first-order valence-corrected chi connectivity index (χ1v) is 5.86. The largest absolute Gasteiger partial charge is 0.439 e. The third-order valence-electron chi connectivity index (χ3n) is 2.07. The van der Waals surface area contributed by atoms with Crippen LogP contribution in [0.25, 0.3) is 11.3 Å². The number of aromatic nitrogens is 1. The molecule has 0 saturated heterocycles. The SMILES string of the molecule is CC(Cl)c1ncc(-c2c(F)cccc2Br)o1. The summed E-state index contributed by atoms with van der Waals surface area (Å²) >= 11 is 9.09. The predicted molar refractivity (Wildman–Crippen MR) is 63.9 cm³/mol. The molecule has 2 nitrogen and oxygen atoms in total. The summed E-state index contributed by atoms with van der Waals surface area (Å²) in [5, 5.41) is -0.334. The van der Waals surface area contributed by atoms with Crippen molar-refractivity contribution in [1.29, 1.82) is 0 Å². The first-order valence-electron chi connectivity index (χ1n) is 4.63. The van der Waals surface area contributed by atoms with E-state index in [-0.39, 0.29) is 11.2 Å². The molecule has 0 N–H and O–H groups in total. The highest BCUT2D eigenvalue weighted by molar-refractivity contribution is 9.10. The van der Waals surface area contributed by atoms with Crippen LogP contribution in [0.1, 0.15) is 18.2 Å². The minimum atomic E-state index is -0.362. The van der Waals surface area contributed by atoms with Gasteiger partial charge in [-0.2, -0.15) is 0 Å². The number of alkyl halides is 1. The monoisotopic (exact) mass is 303 g/mol. The Balaban J connectivity index is 2.50. The predicted octanol–water partition coefficient (Wildman–Crippen LogP) is 4.54. The second kappa shape index (κ2) is 4.55. The zero-order valence-corrected chi connectivity index (χ0v) is 10.7. The average molecular weight is 305 g/mol. The molecule has 16 heavy (non-hydrogen) atoms. The molecule has 1 unspecified atom stereocenters. The van der Waals surface area contributed by atoms with Gasteiger partial charge >= 0.3 is 0 Å². The molecule has 1 heterocycles. The maximum absolute atomic E-state index is 13.6. The molecule has 1 aromatic heterocycles. The van der Waals surface area contributed by atoms with Gasteiger partial charge < -0.3 is 4.42 Å². The zero-order chi connectivity index (χ0) is 11.7. The number of rotatable bonds is 2. The lowest BCUT2D eigenvalue weighted by atomic mass is 10.2. The Labute approximate surface area is 106 Å². The Bertz CT molecular complexity index is 492. The summed E-state index contributed by atoms with van der Waals surface area (Å²) in [6.45, 7) is 1.74. The standard InChI is InChI=1S/C11H8BrClFNO/c1-6(13)11-15-5-9(16-11)10-7(12)3-2-4-8(10)14/h2-6H,1H3. The molecule has 84 valence electrons. The van der Waals surface area contributed by atoms with E-state index in [9.17, 15) is 4.39 Å². The molecule has 0 saturated carbocycles. The molecule has 0 aliphatic rings. The van der Waals surface area contributed by atoms with Crippen LogP contribution in [0.3, 0.4) is 0 Å². The van der Waals surface area contributed by atoms with Crippen LogP contribution in [-0.2, 0) is 0 Å². The summed E-state index contributed by atoms with van der Waals surface area (Å²) in [4.78, 5) is 3.99. The molecular formula is C11H8BrClFNO. The topological polar surface area (TPSA) is 26.0 Å². The van der Waals surface area contributed by atoms with Crippen LogP contribution in [0, 0.1) is 5.82 Å². The highest BCUT2D eigenvalue weighted by Gasteiger charge is 2.16. The maximum Gasteiger partial charge on any atom is 0.212 e. The molecule has 0 aliphatic carbocycles. The number of benzene rings is 1. The van der Waals surface area contributed by atoms with Crippen LogP contribution in [0.2, 0.25) is 0 Å². The first-order chi connectivity index (χ1) is 7.59. The van der Waals surface area contributed by atoms with Crippen LogP contribution in [-0.4, -0.2) is 4.98 Å². The minimum absolute atomic E-state index is 0.334. The van der Waals surface area contributed by atoms with E-state index in [1.165, 1.54) is 12.3 Å². The molecular weight excluding hydrogens is 296 g/mol.